The van der Waals surface area contributed by atoms with Crippen LogP contribution in [-0.4, -0.2) is 47.8 Å². The average molecular weight is 445 g/mol. The lowest BCUT2D eigenvalue weighted by atomic mass is 9.94. The summed E-state index contributed by atoms with van der Waals surface area (Å²) >= 11 is 0. The number of aromatic nitrogens is 1. The summed E-state index contributed by atoms with van der Waals surface area (Å²) in [6, 6.07) is 10.8. The number of aromatic amines is 1. The number of carbonyl (C=O) groups excluding carboxylic acids is 1. The highest BCUT2D eigenvalue weighted by Gasteiger charge is 2.27. The number of anilines is 2. The van der Waals surface area contributed by atoms with Crippen LogP contribution in [0.1, 0.15) is 37.5 Å². The molecule has 0 atom stereocenters. The Bertz CT molecular complexity index is 1280. The number of nitrogens with zero attached hydrogens (tertiary/aromatic N) is 5. The number of nitrogens with one attached hydrogen (secondary N) is 1. The van der Waals surface area contributed by atoms with Crippen LogP contribution in [0.3, 0.4) is 0 Å². The van der Waals surface area contributed by atoms with Crippen molar-refractivity contribution in [2.24, 2.45) is 0 Å². The molecule has 1 aromatic heterocycles. The van der Waals surface area contributed by atoms with E-state index < -0.39 is 11.2 Å². The summed E-state index contributed by atoms with van der Waals surface area (Å²) in [6.45, 7) is 7.30. The van der Waals surface area contributed by atoms with Crippen molar-refractivity contribution in [2.75, 3.05) is 36.8 Å². The third-order valence-corrected chi connectivity index (χ3v) is 5.15. The summed E-state index contributed by atoms with van der Waals surface area (Å²) in [5.74, 6) is -0.141. The highest BCUT2D eigenvalue weighted by atomic mass is 16.6. The van der Waals surface area contributed by atoms with E-state index in [0.717, 1.165) is 0 Å². The normalized spacial score (nSPS) is 13.6. The Kier molecular flexibility index (Phi) is 6.28. The Morgan fingerprint density at radius 3 is 2.24 bits per heavy atom. The van der Waals surface area contributed by atoms with Crippen molar-refractivity contribution in [3.63, 3.8) is 0 Å². The van der Waals surface area contributed by atoms with Gasteiger partial charge in [-0.05, 0) is 38.5 Å². The Labute approximate surface area is 191 Å². The van der Waals surface area contributed by atoms with Crippen LogP contribution in [0, 0.1) is 34.0 Å². The zero-order valence-corrected chi connectivity index (χ0v) is 18.6. The van der Waals surface area contributed by atoms with Crippen LogP contribution in [-0.2, 0) is 4.74 Å². The number of pyridine rings is 1. The van der Waals surface area contributed by atoms with Crippen LogP contribution in [0.15, 0.2) is 23.0 Å². The molecule has 0 spiro atoms. The molecule has 0 unspecified atom stereocenters. The van der Waals surface area contributed by atoms with E-state index in [4.69, 9.17) is 10.5 Å². The molecule has 1 fully saturated rings. The van der Waals surface area contributed by atoms with Crippen LogP contribution < -0.4 is 16.2 Å². The number of carbonyl (C=O) groups is 1. The SMILES string of the molecule is CC(C)(C)OC(=O)N1CCN(c2ccc(-c3c(C#N)c(N)[nH]c(=O)c3C#N)cc2C#N)CC1. The van der Waals surface area contributed by atoms with Crippen molar-refractivity contribution >= 4 is 17.6 Å². The summed E-state index contributed by atoms with van der Waals surface area (Å²) < 4.78 is 5.42. The molecule has 0 saturated carbocycles. The molecular formula is C23H23N7O3. The quantitative estimate of drug-likeness (QED) is 0.711. The first kappa shape index (κ1) is 23.2. The Morgan fingerprint density at radius 1 is 1.06 bits per heavy atom. The Hall–Kier alpha value is -4.49. The fraction of sp³-hybridized carbons (Fsp3) is 0.348. The smallest absolute Gasteiger partial charge is 0.410 e. The molecule has 1 aromatic carbocycles. The summed E-state index contributed by atoms with van der Waals surface area (Å²) in [6.07, 6.45) is -0.377. The van der Waals surface area contributed by atoms with Gasteiger partial charge in [0.25, 0.3) is 5.56 Å². The second-order valence-electron chi connectivity index (χ2n) is 8.51. The number of piperazine rings is 1. The molecule has 1 saturated heterocycles. The minimum atomic E-state index is -0.704. The van der Waals surface area contributed by atoms with Gasteiger partial charge in [-0.25, -0.2) is 4.79 Å². The molecule has 10 heteroatoms. The van der Waals surface area contributed by atoms with E-state index in [0.29, 0.717) is 43.0 Å². The third kappa shape index (κ3) is 4.73. The van der Waals surface area contributed by atoms with Gasteiger partial charge in [-0.2, -0.15) is 15.8 Å². The number of ether oxygens (including phenoxy) is 1. The zero-order valence-electron chi connectivity index (χ0n) is 18.6. The molecule has 2 aromatic rings. The maximum Gasteiger partial charge on any atom is 0.410 e. The van der Waals surface area contributed by atoms with Crippen molar-refractivity contribution in [1.29, 1.82) is 15.8 Å². The van der Waals surface area contributed by atoms with Crippen molar-refractivity contribution < 1.29 is 9.53 Å². The van der Waals surface area contributed by atoms with E-state index in [-0.39, 0.29) is 28.6 Å². The molecule has 3 N–H and O–H groups in total. The predicted octanol–water partition coefficient (Wildman–Crippen LogP) is 2.30. The van der Waals surface area contributed by atoms with Crippen molar-refractivity contribution in [2.45, 2.75) is 26.4 Å². The number of rotatable bonds is 2. The summed E-state index contributed by atoms with van der Waals surface area (Å²) in [5, 5.41) is 28.7. The number of amides is 1. The molecule has 3 rings (SSSR count). The van der Waals surface area contributed by atoms with Crippen molar-refractivity contribution in [3.05, 3.63) is 45.2 Å². The van der Waals surface area contributed by atoms with Gasteiger partial charge in [0, 0.05) is 31.7 Å². The van der Waals surface area contributed by atoms with Crippen LogP contribution >= 0.6 is 0 Å². The lowest BCUT2D eigenvalue weighted by Gasteiger charge is -2.37. The van der Waals surface area contributed by atoms with Gasteiger partial charge in [0.05, 0.1) is 11.3 Å². The number of nitriles is 3. The van der Waals surface area contributed by atoms with E-state index in [9.17, 15) is 25.4 Å². The van der Waals surface area contributed by atoms with Gasteiger partial charge >= 0.3 is 6.09 Å². The molecular weight excluding hydrogens is 422 g/mol. The largest absolute Gasteiger partial charge is 0.444 e. The van der Waals surface area contributed by atoms with Crippen molar-refractivity contribution in [3.8, 4) is 29.3 Å². The van der Waals surface area contributed by atoms with E-state index in [2.05, 4.69) is 11.1 Å². The Morgan fingerprint density at radius 2 is 1.70 bits per heavy atom. The fourth-order valence-electron chi connectivity index (χ4n) is 3.65. The second kappa shape index (κ2) is 8.94. The maximum atomic E-state index is 12.3. The van der Waals surface area contributed by atoms with E-state index in [1.54, 1.807) is 17.0 Å². The number of hydrogen-bond acceptors (Lipinski definition) is 8. The van der Waals surface area contributed by atoms with Gasteiger partial charge in [0.15, 0.2) is 0 Å². The van der Waals surface area contributed by atoms with Crippen LogP contribution in [0.5, 0.6) is 0 Å². The standard InChI is InChI=1S/C23H23N7O3/c1-23(2,3)33-22(32)30-8-6-29(7-9-30)18-5-4-14(10-15(18)11-24)19-16(12-25)20(27)28-21(31)17(19)13-26/h4-5,10H,6-9H2,1-3H3,(H3,27,28,31). The minimum Gasteiger partial charge on any atom is -0.444 e. The number of H-pyrrole nitrogens is 1. The molecule has 1 amide bonds. The third-order valence-electron chi connectivity index (χ3n) is 5.15. The second-order valence-corrected chi connectivity index (χ2v) is 8.51. The maximum absolute atomic E-state index is 12.3. The molecule has 0 aliphatic carbocycles. The first-order valence-corrected chi connectivity index (χ1v) is 10.2. The van der Waals surface area contributed by atoms with E-state index >= 15 is 0 Å². The van der Waals surface area contributed by atoms with Crippen LogP contribution in [0.4, 0.5) is 16.3 Å². The van der Waals surface area contributed by atoms with Crippen LogP contribution in [0.2, 0.25) is 0 Å². The van der Waals surface area contributed by atoms with Gasteiger partial charge < -0.3 is 25.3 Å². The van der Waals surface area contributed by atoms with E-state index in [1.165, 1.54) is 6.07 Å². The number of nitrogens with two attached hydrogens (primary N) is 1. The predicted molar refractivity (Wildman–Crippen MR) is 121 cm³/mol. The minimum absolute atomic E-state index is 0.0336. The molecule has 1 aliphatic rings. The molecule has 168 valence electrons. The first-order valence-electron chi connectivity index (χ1n) is 10.2. The zero-order chi connectivity index (χ0) is 24.3. The molecule has 10 nitrogen and oxygen atoms in total. The lowest BCUT2D eigenvalue weighted by molar-refractivity contribution is 0.0240. The van der Waals surface area contributed by atoms with Gasteiger partial charge in [0.1, 0.15) is 40.8 Å². The molecule has 33 heavy (non-hydrogen) atoms. The molecule has 2 heterocycles. The van der Waals surface area contributed by atoms with Gasteiger partial charge in [0.2, 0.25) is 0 Å². The number of benzene rings is 1. The summed E-state index contributed by atoms with van der Waals surface area (Å²) in [7, 11) is 0. The van der Waals surface area contributed by atoms with E-state index in [1.807, 2.05) is 37.8 Å². The Balaban J connectivity index is 1.92. The lowest BCUT2D eigenvalue weighted by Crippen LogP contribution is -2.50. The van der Waals surface area contributed by atoms with Crippen molar-refractivity contribution in [1.82, 2.24) is 9.88 Å². The summed E-state index contributed by atoms with van der Waals surface area (Å²) in [4.78, 5) is 30.4. The molecule has 0 radical (unpaired) electrons. The monoisotopic (exact) mass is 445 g/mol. The number of hydrogen-bond donors (Lipinski definition) is 2. The fourth-order valence-corrected chi connectivity index (χ4v) is 3.65. The summed E-state index contributed by atoms with van der Waals surface area (Å²) in [5.41, 5.74) is 5.65. The first-order chi connectivity index (χ1) is 15.6. The van der Waals surface area contributed by atoms with Crippen LogP contribution in [0.25, 0.3) is 11.1 Å². The topological polar surface area (TPSA) is 163 Å². The average Bonchev–Trinajstić information content (AvgIpc) is 2.77. The highest BCUT2D eigenvalue weighted by molar-refractivity contribution is 5.82. The van der Waals surface area contributed by atoms with Gasteiger partial charge in [-0.15, -0.1) is 0 Å². The number of nitrogen functional groups attached to an aromatic ring is 1. The molecule has 0 bridgehead atoms. The van der Waals surface area contributed by atoms with Gasteiger partial charge in [-0.1, -0.05) is 6.07 Å². The molecule has 1 aliphatic heterocycles. The van der Waals surface area contributed by atoms with Gasteiger partial charge in [-0.3, -0.25) is 4.79 Å². The highest BCUT2D eigenvalue weighted by Crippen LogP contribution is 2.32.